The molecule has 0 aromatic heterocycles. The molecule has 41 heavy (non-hydrogen) atoms. The van der Waals surface area contributed by atoms with E-state index in [2.05, 4.69) is 16.0 Å². The minimum Gasteiger partial charge on any atom is -0.325 e. The zero-order valence-electron chi connectivity index (χ0n) is 21.1. The summed E-state index contributed by atoms with van der Waals surface area (Å²) in [7, 11) is 0. The lowest BCUT2D eigenvalue weighted by Crippen LogP contribution is -2.30. The predicted molar refractivity (Wildman–Crippen MR) is 164 cm³/mol. The first-order valence-electron chi connectivity index (χ1n) is 12.0. The van der Waals surface area contributed by atoms with Crippen molar-refractivity contribution in [1.29, 1.82) is 0 Å². The summed E-state index contributed by atoms with van der Waals surface area (Å²) >= 11 is 19.4. The molecule has 0 atom stereocenters. The van der Waals surface area contributed by atoms with E-state index in [0.29, 0.717) is 27.0 Å². The Kier molecular flexibility index (Phi) is 10.4. The molecule has 4 aromatic rings. The molecule has 0 fully saturated rings. The molecule has 3 N–H and O–H groups in total. The number of nitrogens with one attached hydrogen (secondary N) is 3. The maximum absolute atomic E-state index is 14.5. The summed E-state index contributed by atoms with van der Waals surface area (Å²) in [6.07, 6.45) is 1.18. The number of halogens is 4. The van der Waals surface area contributed by atoms with Crippen molar-refractivity contribution in [3.63, 3.8) is 0 Å². The monoisotopic (exact) mass is 627 g/mol. The molecule has 0 heterocycles. The molecule has 0 aliphatic carbocycles. The summed E-state index contributed by atoms with van der Waals surface area (Å²) < 4.78 is 14.5. The lowest BCUT2D eigenvalue weighted by atomic mass is 10.1. The van der Waals surface area contributed by atoms with Gasteiger partial charge >= 0.3 is 0 Å². The van der Waals surface area contributed by atoms with E-state index in [9.17, 15) is 18.8 Å². The Bertz CT molecular complexity index is 1580. The Labute approximate surface area is 254 Å². The first kappa shape index (κ1) is 30.1. The third kappa shape index (κ3) is 8.83. The highest BCUT2D eigenvalue weighted by molar-refractivity contribution is 8.00. The zero-order valence-corrected chi connectivity index (χ0v) is 24.2. The second-order valence-electron chi connectivity index (χ2n) is 8.49. The molecule has 4 aromatic carbocycles. The van der Waals surface area contributed by atoms with Gasteiger partial charge in [-0.1, -0.05) is 59.1 Å². The highest BCUT2D eigenvalue weighted by Crippen LogP contribution is 2.25. The molecule has 6 nitrogen and oxygen atoms in total. The SMILES string of the molecule is O=C(CSc1ccc(NC(=O)/C(=C/c2c(F)cccc2Cl)NC(=O)c2ccccc2)cc1)Nc1cc(Cl)cc(Cl)c1. The highest BCUT2D eigenvalue weighted by Gasteiger charge is 2.17. The van der Waals surface area contributed by atoms with Crippen molar-refractivity contribution in [1.82, 2.24) is 5.32 Å². The lowest BCUT2D eigenvalue weighted by Gasteiger charge is -2.12. The number of amides is 3. The van der Waals surface area contributed by atoms with Crippen molar-refractivity contribution in [3.05, 3.63) is 129 Å². The van der Waals surface area contributed by atoms with Crippen LogP contribution in [0.1, 0.15) is 15.9 Å². The zero-order chi connectivity index (χ0) is 29.4. The van der Waals surface area contributed by atoms with Gasteiger partial charge in [-0.25, -0.2) is 4.39 Å². The van der Waals surface area contributed by atoms with Crippen molar-refractivity contribution in [2.75, 3.05) is 16.4 Å². The average molecular weight is 629 g/mol. The molecule has 0 aliphatic rings. The third-order valence-corrected chi connectivity index (χ3v) is 7.22. The van der Waals surface area contributed by atoms with Crippen LogP contribution in [0.2, 0.25) is 15.1 Å². The molecular formula is C30H21Cl3FN3O3S. The quantitative estimate of drug-likeness (QED) is 0.130. The van der Waals surface area contributed by atoms with Crippen molar-refractivity contribution in [2.24, 2.45) is 0 Å². The molecule has 11 heteroatoms. The van der Waals surface area contributed by atoms with E-state index in [1.807, 2.05) is 0 Å². The van der Waals surface area contributed by atoms with Crippen LogP contribution in [-0.2, 0) is 9.59 Å². The first-order chi connectivity index (χ1) is 19.7. The van der Waals surface area contributed by atoms with Crippen LogP contribution in [0.25, 0.3) is 6.08 Å². The van der Waals surface area contributed by atoms with Crippen molar-refractivity contribution in [3.8, 4) is 0 Å². The van der Waals surface area contributed by atoms with Crippen LogP contribution in [0, 0.1) is 5.82 Å². The van der Waals surface area contributed by atoms with Crippen LogP contribution < -0.4 is 16.0 Å². The summed E-state index contributed by atoms with van der Waals surface area (Å²) in [4.78, 5) is 39.1. The van der Waals surface area contributed by atoms with Gasteiger partial charge in [-0.05, 0) is 72.8 Å². The fourth-order valence-electron chi connectivity index (χ4n) is 3.54. The molecule has 0 saturated carbocycles. The molecule has 0 unspecified atom stereocenters. The Balaban J connectivity index is 1.43. The van der Waals surface area contributed by atoms with E-state index < -0.39 is 17.6 Å². The number of hydrogen-bond acceptors (Lipinski definition) is 4. The fraction of sp³-hybridized carbons (Fsp3) is 0.0333. The van der Waals surface area contributed by atoms with Crippen LogP contribution in [-0.4, -0.2) is 23.5 Å². The maximum atomic E-state index is 14.5. The minimum absolute atomic E-state index is 0.0438. The normalized spacial score (nSPS) is 11.1. The van der Waals surface area contributed by atoms with E-state index >= 15 is 0 Å². The van der Waals surface area contributed by atoms with Gasteiger partial charge in [0.1, 0.15) is 11.5 Å². The van der Waals surface area contributed by atoms with Gasteiger partial charge in [-0.15, -0.1) is 11.8 Å². The number of carbonyl (C=O) groups is 3. The maximum Gasteiger partial charge on any atom is 0.272 e. The summed E-state index contributed by atoms with van der Waals surface area (Å²) in [5, 5.41) is 8.87. The Morgan fingerprint density at radius 1 is 0.780 bits per heavy atom. The number of rotatable bonds is 9. The molecule has 0 bridgehead atoms. The van der Waals surface area contributed by atoms with E-state index in [1.54, 1.807) is 72.8 Å². The average Bonchev–Trinajstić information content (AvgIpc) is 2.94. The van der Waals surface area contributed by atoms with E-state index in [1.165, 1.54) is 36.0 Å². The number of hydrogen-bond donors (Lipinski definition) is 3. The first-order valence-corrected chi connectivity index (χ1v) is 14.1. The van der Waals surface area contributed by atoms with E-state index in [0.717, 1.165) is 4.90 Å². The molecular weight excluding hydrogens is 608 g/mol. The van der Waals surface area contributed by atoms with Crippen LogP contribution in [0.4, 0.5) is 15.8 Å². The Hall–Kier alpha value is -3.82. The Morgan fingerprint density at radius 2 is 1.46 bits per heavy atom. The second-order valence-corrected chi connectivity index (χ2v) is 10.8. The highest BCUT2D eigenvalue weighted by atomic mass is 35.5. The molecule has 208 valence electrons. The smallest absolute Gasteiger partial charge is 0.272 e. The number of thioether (sulfide) groups is 1. The fourth-order valence-corrected chi connectivity index (χ4v) is 4.98. The van der Waals surface area contributed by atoms with Gasteiger partial charge < -0.3 is 16.0 Å². The molecule has 0 radical (unpaired) electrons. The lowest BCUT2D eigenvalue weighted by molar-refractivity contribution is -0.114. The van der Waals surface area contributed by atoms with Gasteiger partial charge in [0, 0.05) is 37.4 Å². The van der Waals surface area contributed by atoms with Gasteiger partial charge in [0.25, 0.3) is 11.8 Å². The van der Waals surface area contributed by atoms with Gasteiger partial charge in [0.2, 0.25) is 5.91 Å². The molecule has 3 amide bonds. The molecule has 0 aliphatic heterocycles. The van der Waals surface area contributed by atoms with Crippen LogP contribution in [0.3, 0.4) is 0 Å². The number of benzene rings is 4. The summed E-state index contributed by atoms with van der Waals surface area (Å²) in [5.74, 6) is -2.02. The van der Waals surface area contributed by atoms with Crippen LogP contribution >= 0.6 is 46.6 Å². The second kappa shape index (κ2) is 14.2. The third-order valence-electron chi connectivity index (χ3n) is 5.45. The van der Waals surface area contributed by atoms with E-state index in [-0.39, 0.29) is 27.9 Å². The predicted octanol–water partition coefficient (Wildman–Crippen LogP) is 7.93. The van der Waals surface area contributed by atoms with E-state index in [4.69, 9.17) is 34.8 Å². The van der Waals surface area contributed by atoms with Gasteiger partial charge in [-0.2, -0.15) is 0 Å². The Morgan fingerprint density at radius 3 is 2.12 bits per heavy atom. The molecule has 0 saturated heterocycles. The van der Waals surface area contributed by atoms with Crippen molar-refractivity contribution >= 4 is 81.7 Å². The van der Waals surface area contributed by atoms with Gasteiger partial charge in [0.15, 0.2) is 0 Å². The number of anilines is 2. The topological polar surface area (TPSA) is 87.3 Å². The largest absolute Gasteiger partial charge is 0.325 e. The summed E-state index contributed by atoms with van der Waals surface area (Å²) in [5.41, 5.74) is 0.970. The minimum atomic E-state index is -0.687. The van der Waals surface area contributed by atoms with Gasteiger partial charge in [-0.3, -0.25) is 14.4 Å². The van der Waals surface area contributed by atoms with Gasteiger partial charge in [0.05, 0.1) is 10.8 Å². The summed E-state index contributed by atoms with van der Waals surface area (Å²) in [6.45, 7) is 0. The number of carbonyl (C=O) groups excluding carboxylic acids is 3. The standard InChI is InChI=1S/C30H21Cl3FN3O3S/c31-19-13-20(32)15-22(14-19)35-28(38)17-41-23-11-9-21(10-12-23)36-30(40)27(16-24-25(33)7-4-8-26(24)34)37-29(39)18-5-2-1-3-6-18/h1-16H,17H2,(H,35,38)(H,36,40)(H,37,39)/b27-16-. The molecule has 4 rings (SSSR count). The van der Waals surface area contributed by atoms with Crippen LogP contribution in [0.5, 0.6) is 0 Å². The van der Waals surface area contributed by atoms with Crippen molar-refractivity contribution < 1.29 is 18.8 Å². The van der Waals surface area contributed by atoms with Crippen molar-refractivity contribution in [2.45, 2.75) is 4.90 Å². The molecule has 0 spiro atoms. The summed E-state index contributed by atoms with van der Waals surface area (Å²) in [6, 6.07) is 23.9. The van der Waals surface area contributed by atoms with Crippen LogP contribution in [0.15, 0.2) is 102 Å².